The van der Waals surface area contributed by atoms with E-state index in [1.165, 1.54) is 0 Å². The average molecular weight is 188 g/mol. The number of carbonyl (C=O) groups is 1. The molecule has 0 saturated heterocycles. The molecule has 0 fully saturated rings. The topological polar surface area (TPSA) is 26.3 Å². The van der Waals surface area contributed by atoms with Crippen LogP contribution in [-0.4, -0.2) is 31.3 Å². The van der Waals surface area contributed by atoms with E-state index in [-0.39, 0.29) is 0 Å². The molecule has 0 saturated carbocycles. The van der Waals surface area contributed by atoms with Crippen molar-refractivity contribution in [1.82, 2.24) is 0 Å². The molecule has 12 heavy (non-hydrogen) atoms. The number of ether oxygens (including phenoxy) is 1. The zero-order chi connectivity index (χ0) is 9.78. The molecule has 0 aromatic heterocycles. The first-order valence-corrected chi connectivity index (χ1v) is 3.09. The van der Waals surface area contributed by atoms with Gasteiger partial charge < -0.3 is 4.74 Å². The number of halogens is 4. The van der Waals surface area contributed by atoms with Crippen molar-refractivity contribution in [2.24, 2.45) is 0 Å². The summed E-state index contributed by atoms with van der Waals surface area (Å²) in [5.41, 5.74) is 0. The van der Waals surface area contributed by atoms with Gasteiger partial charge in [0.2, 0.25) is 0 Å². The smallest absolute Gasteiger partial charge is 0.330 e. The van der Waals surface area contributed by atoms with Gasteiger partial charge in [-0.15, -0.1) is 0 Å². The van der Waals surface area contributed by atoms with Crippen LogP contribution in [0.5, 0.6) is 0 Å². The lowest BCUT2D eigenvalue weighted by molar-refractivity contribution is -0.167. The van der Waals surface area contributed by atoms with Gasteiger partial charge in [-0.3, -0.25) is 4.79 Å². The van der Waals surface area contributed by atoms with Crippen molar-refractivity contribution >= 4 is 5.78 Å². The van der Waals surface area contributed by atoms with Gasteiger partial charge in [-0.25, -0.2) is 8.78 Å². The Bertz CT molecular complexity index is 158. The summed E-state index contributed by atoms with van der Waals surface area (Å²) >= 11 is 0. The van der Waals surface area contributed by atoms with Crippen LogP contribution in [0.3, 0.4) is 0 Å². The Morgan fingerprint density at radius 1 is 1.50 bits per heavy atom. The van der Waals surface area contributed by atoms with Gasteiger partial charge in [0.15, 0.2) is 5.78 Å². The van der Waals surface area contributed by atoms with Crippen LogP contribution in [0.1, 0.15) is 6.92 Å². The Morgan fingerprint density at radius 3 is 2.33 bits per heavy atom. The second-order valence-corrected chi connectivity index (χ2v) is 2.26. The summed E-state index contributed by atoms with van der Waals surface area (Å²) in [7, 11) is 0. The normalized spacial score (nSPS) is 12.2. The Kier molecular flexibility index (Phi) is 4.16. The van der Waals surface area contributed by atoms with E-state index in [0.29, 0.717) is 0 Å². The summed E-state index contributed by atoms with van der Waals surface area (Å²) < 4.78 is 50.9. The van der Waals surface area contributed by atoms with Gasteiger partial charge >= 0.3 is 12.3 Å². The maximum Gasteiger partial charge on any atom is 0.330 e. The van der Waals surface area contributed by atoms with Gasteiger partial charge in [0.25, 0.3) is 0 Å². The number of rotatable bonds is 5. The molecule has 0 aliphatic carbocycles. The van der Waals surface area contributed by atoms with E-state index in [2.05, 4.69) is 4.74 Å². The lowest BCUT2D eigenvalue weighted by Gasteiger charge is -2.14. The highest BCUT2D eigenvalue weighted by Crippen LogP contribution is 2.22. The van der Waals surface area contributed by atoms with Gasteiger partial charge in [0, 0.05) is 0 Å². The fraction of sp³-hybridized carbons (Fsp3) is 0.833. The highest BCUT2D eigenvalue weighted by Gasteiger charge is 2.40. The summed E-state index contributed by atoms with van der Waals surface area (Å²) in [5, 5.41) is 0. The highest BCUT2D eigenvalue weighted by molar-refractivity contribution is 5.76. The lowest BCUT2D eigenvalue weighted by Crippen LogP contribution is -2.33. The fourth-order valence-corrected chi connectivity index (χ4v) is 0.394. The van der Waals surface area contributed by atoms with E-state index in [1.807, 2.05) is 0 Å². The van der Waals surface area contributed by atoms with Crippen LogP contribution in [0.4, 0.5) is 17.6 Å². The van der Waals surface area contributed by atoms with E-state index in [0.717, 1.165) is 6.92 Å². The summed E-state index contributed by atoms with van der Waals surface area (Å²) in [6.07, 6.45) is -3.76. The van der Waals surface area contributed by atoms with Crippen molar-refractivity contribution in [1.29, 1.82) is 0 Å². The van der Waals surface area contributed by atoms with Crippen LogP contribution in [0, 0.1) is 0 Å². The van der Waals surface area contributed by atoms with Gasteiger partial charge in [-0.1, -0.05) is 0 Å². The van der Waals surface area contributed by atoms with Crippen LogP contribution in [0.2, 0.25) is 0 Å². The van der Waals surface area contributed by atoms with Crippen molar-refractivity contribution in [2.45, 2.75) is 19.3 Å². The third kappa shape index (κ3) is 4.27. The van der Waals surface area contributed by atoms with Crippen molar-refractivity contribution in [3.05, 3.63) is 0 Å². The predicted octanol–water partition coefficient (Wildman–Crippen LogP) is 1.49. The standard InChI is InChI=1S/C6H8F4O2/c1-4(11)2-12-3-6(9,10)5(7)8/h5H,2-3H2,1H3. The second-order valence-electron chi connectivity index (χ2n) is 2.26. The van der Waals surface area contributed by atoms with Gasteiger partial charge in [0.05, 0.1) is 0 Å². The molecule has 2 nitrogen and oxygen atoms in total. The number of alkyl halides is 4. The predicted molar refractivity (Wildman–Crippen MR) is 32.5 cm³/mol. The molecule has 0 aliphatic rings. The molecule has 6 heteroatoms. The van der Waals surface area contributed by atoms with E-state index in [4.69, 9.17) is 0 Å². The molecule has 0 amide bonds. The first kappa shape index (κ1) is 11.4. The third-order valence-electron chi connectivity index (χ3n) is 0.919. The zero-order valence-electron chi connectivity index (χ0n) is 6.32. The minimum absolute atomic E-state index is 0.486. The Hall–Kier alpha value is -0.650. The minimum Gasteiger partial charge on any atom is -0.367 e. The summed E-state index contributed by atoms with van der Waals surface area (Å²) in [4.78, 5) is 10.1. The van der Waals surface area contributed by atoms with Crippen molar-refractivity contribution in [2.75, 3.05) is 13.2 Å². The first-order valence-electron chi connectivity index (χ1n) is 3.09. The summed E-state index contributed by atoms with van der Waals surface area (Å²) in [5.74, 6) is -4.66. The number of hydrogen-bond acceptors (Lipinski definition) is 2. The fourth-order valence-electron chi connectivity index (χ4n) is 0.394. The van der Waals surface area contributed by atoms with E-state index >= 15 is 0 Å². The SMILES string of the molecule is CC(=O)COCC(F)(F)C(F)F. The van der Waals surface area contributed by atoms with Gasteiger partial charge in [0.1, 0.15) is 13.2 Å². The maximum absolute atomic E-state index is 12.0. The van der Waals surface area contributed by atoms with Crippen molar-refractivity contribution < 1.29 is 27.1 Å². The largest absolute Gasteiger partial charge is 0.367 e. The van der Waals surface area contributed by atoms with Crippen LogP contribution in [0.25, 0.3) is 0 Å². The van der Waals surface area contributed by atoms with E-state index in [1.54, 1.807) is 0 Å². The van der Waals surface area contributed by atoms with Crippen LogP contribution in [0.15, 0.2) is 0 Å². The maximum atomic E-state index is 12.0. The number of Topliss-reactive ketones (excluding diaryl/α,β-unsaturated/α-hetero) is 1. The number of carbonyl (C=O) groups excluding carboxylic acids is 1. The minimum atomic E-state index is -4.17. The quantitative estimate of drug-likeness (QED) is 0.611. The Labute approximate surface area is 66.5 Å². The van der Waals surface area contributed by atoms with Gasteiger partial charge in [-0.05, 0) is 6.92 Å². The first-order chi connectivity index (χ1) is 5.36. The monoisotopic (exact) mass is 188 g/mol. The summed E-state index contributed by atoms with van der Waals surface area (Å²) in [6.45, 7) is -0.882. The molecule has 72 valence electrons. The van der Waals surface area contributed by atoms with Crippen molar-refractivity contribution in [3.63, 3.8) is 0 Å². The van der Waals surface area contributed by atoms with Crippen LogP contribution >= 0.6 is 0 Å². The molecule has 0 rings (SSSR count). The molecule has 0 spiro atoms. The average Bonchev–Trinajstić information content (AvgIpc) is 1.85. The Morgan fingerprint density at radius 2 is 2.00 bits per heavy atom. The molecular weight excluding hydrogens is 180 g/mol. The third-order valence-corrected chi connectivity index (χ3v) is 0.919. The van der Waals surface area contributed by atoms with Gasteiger partial charge in [-0.2, -0.15) is 8.78 Å². The molecule has 0 bridgehead atoms. The lowest BCUT2D eigenvalue weighted by atomic mass is 10.4. The molecule has 0 atom stereocenters. The van der Waals surface area contributed by atoms with Crippen LogP contribution < -0.4 is 0 Å². The number of hydrogen-bond donors (Lipinski definition) is 0. The molecule has 0 radical (unpaired) electrons. The zero-order valence-corrected chi connectivity index (χ0v) is 6.32. The molecule has 0 aliphatic heterocycles. The second kappa shape index (κ2) is 4.39. The summed E-state index contributed by atoms with van der Waals surface area (Å²) in [6, 6.07) is 0. The van der Waals surface area contributed by atoms with E-state index in [9.17, 15) is 22.4 Å². The van der Waals surface area contributed by atoms with Crippen molar-refractivity contribution in [3.8, 4) is 0 Å². The highest BCUT2D eigenvalue weighted by atomic mass is 19.3. The Balaban J connectivity index is 3.69. The molecule has 0 heterocycles. The molecule has 0 aromatic rings. The molecular formula is C6H8F4O2. The molecule has 0 aromatic carbocycles. The van der Waals surface area contributed by atoms with Crippen LogP contribution in [-0.2, 0) is 9.53 Å². The molecule has 0 unspecified atom stereocenters. The number of ketones is 1. The molecule has 0 N–H and O–H groups in total. The van der Waals surface area contributed by atoms with E-state index < -0.39 is 31.3 Å².